The van der Waals surface area contributed by atoms with Gasteiger partial charge in [-0.2, -0.15) is 0 Å². The largest absolute Gasteiger partial charge is 0.465 e. The molecule has 0 spiro atoms. The Hall–Kier alpha value is -0.610. The zero-order chi connectivity index (χ0) is 10.4. The van der Waals surface area contributed by atoms with Crippen LogP contribution in [0.1, 0.15) is 32.6 Å². The minimum Gasteiger partial charge on any atom is -0.465 e. The van der Waals surface area contributed by atoms with E-state index in [9.17, 15) is 4.79 Å². The van der Waals surface area contributed by atoms with Gasteiger partial charge in [0.15, 0.2) is 0 Å². The van der Waals surface area contributed by atoms with E-state index in [0.717, 1.165) is 25.7 Å². The fourth-order valence-electron chi connectivity index (χ4n) is 1.83. The Labute approximate surface area is 84.6 Å². The molecule has 0 bridgehead atoms. The summed E-state index contributed by atoms with van der Waals surface area (Å²) in [6.45, 7) is 2.42. The molecular formula is C10H19NO3. The minimum absolute atomic E-state index is 0.157. The highest BCUT2D eigenvalue weighted by molar-refractivity contribution is 5.75. The van der Waals surface area contributed by atoms with Gasteiger partial charge in [-0.25, -0.2) is 0 Å². The number of ether oxygens (including phenoxy) is 1. The molecule has 0 aliphatic carbocycles. The molecule has 1 heterocycles. The third kappa shape index (κ3) is 3.27. The van der Waals surface area contributed by atoms with Gasteiger partial charge in [0, 0.05) is 12.6 Å². The summed E-state index contributed by atoms with van der Waals surface area (Å²) in [5.41, 5.74) is 0. The molecule has 2 atom stereocenters. The number of rotatable bonds is 4. The smallest absolute Gasteiger partial charge is 0.323 e. The number of aliphatic hydroxyl groups is 1. The summed E-state index contributed by atoms with van der Waals surface area (Å²) in [7, 11) is 0. The highest BCUT2D eigenvalue weighted by Gasteiger charge is 2.26. The topological polar surface area (TPSA) is 58.6 Å². The number of piperidine rings is 1. The molecule has 1 aliphatic rings. The van der Waals surface area contributed by atoms with Gasteiger partial charge in [-0.15, -0.1) is 0 Å². The molecule has 0 radical (unpaired) electrons. The van der Waals surface area contributed by atoms with Crippen LogP contribution in [0.5, 0.6) is 0 Å². The lowest BCUT2D eigenvalue weighted by Crippen LogP contribution is -2.47. The van der Waals surface area contributed by atoms with Crippen molar-refractivity contribution in [2.45, 2.75) is 44.7 Å². The third-order valence-corrected chi connectivity index (χ3v) is 2.53. The summed E-state index contributed by atoms with van der Waals surface area (Å²) < 4.78 is 4.94. The van der Waals surface area contributed by atoms with Gasteiger partial charge in [0.1, 0.15) is 6.04 Å². The van der Waals surface area contributed by atoms with Gasteiger partial charge in [0.2, 0.25) is 0 Å². The molecule has 0 saturated carbocycles. The SMILES string of the molecule is CCOC(=O)C1CCCC(CCO)N1. The number of nitrogens with one attached hydrogen (secondary N) is 1. The lowest BCUT2D eigenvalue weighted by Gasteiger charge is -2.29. The number of hydrogen-bond acceptors (Lipinski definition) is 4. The van der Waals surface area contributed by atoms with Gasteiger partial charge >= 0.3 is 5.97 Å². The lowest BCUT2D eigenvalue weighted by molar-refractivity contribution is -0.146. The zero-order valence-corrected chi connectivity index (χ0v) is 8.66. The minimum atomic E-state index is -0.166. The molecule has 0 aromatic heterocycles. The van der Waals surface area contributed by atoms with E-state index in [2.05, 4.69) is 5.32 Å². The number of carbonyl (C=O) groups is 1. The molecule has 0 amide bonds. The molecule has 1 aliphatic heterocycles. The maximum Gasteiger partial charge on any atom is 0.323 e. The Morgan fingerprint density at radius 3 is 3.00 bits per heavy atom. The van der Waals surface area contributed by atoms with Crippen LogP contribution in [-0.4, -0.2) is 36.4 Å². The van der Waals surface area contributed by atoms with Crippen molar-refractivity contribution >= 4 is 5.97 Å². The Balaban J connectivity index is 2.35. The predicted molar refractivity (Wildman–Crippen MR) is 52.9 cm³/mol. The van der Waals surface area contributed by atoms with Crippen molar-refractivity contribution in [2.75, 3.05) is 13.2 Å². The Morgan fingerprint density at radius 1 is 1.57 bits per heavy atom. The number of aliphatic hydroxyl groups excluding tert-OH is 1. The molecule has 0 aromatic carbocycles. The predicted octanol–water partition coefficient (Wildman–Crippen LogP) is 0.443. The van der Waals surface area contributed by atoms with E-state index in [0.29, 0.717) is 6.61 Å². The first-order valence-electron chi connectivity index (χ1n) is 5.31. The van der Waals surface area contributed by atoms with Crippen LogP contribution in [0.3, 0.4) is 0 Å². The van der Waals surface area contributed by atoms with Gasteiger partial charge in [-0.3, -0.25) is 4.79 Å². The average molecular weight is 201 g/mol. The highest BCUT2D eigenvalue weighted by Crippen LogP contribution is 2.15. The molecular weight excluding hydrogens is 182 g/mol. The quantitative estimate of drug-likeness (QED) is 0.648. The number of carbonyl (C=O) groups excluding carboxylic acids is 1. The Morgan fingerprint density at radius 2 is 2.36 bits per heavy atom. The first-order chi connectivity index (χ1) is 6.77. The molecule has 2 N–H and O–H groups in total. The fourth-order valence-corrected chi connectivity index (χ4v) is 1.83. The highest BCUT2D eigenvalue weighted by atomic mass is 16.5. The summed E-state index contributed by atoms with van der Waals surface area (Å²) in [6.07, 6.45) is 3.63. The van der Waals surface area contributed by atoms with Crippen LogP contribution in [0.4, 0.5) is 0 Å². The second-order valence-electron chi connectivity index (χ2n) is 3.61. The van der Waals surface area contributed by atoms with Crippen LogP contribution in [0.2, 0.25) is 0 Å². The number of hydrogen-bond donors (Lipinski definition) is 2. The first kappa shape index (κ1) is 11.5. The zero-order valence-electron chi connectivity index (χ0n) is 8.66. The van der Waals surface area contributed by atoms with Crippen molar-refractivity contribution in [1.82, 2.24) is 5.32 Å². The lowest BCUT2D eigenvalue weighted by atomic mass is 9.97. The average Bonchev–Trinajstić information content (AvgIpc) is 2.19. The van der Waals surface area contributed by atoms with E-state index in [4.69, 9.17) is 9.84 Å². The molecule has 82 valence electrons. The van der Waals surface area contributed by atoms with Gasteiger partial charge in [-0.05, 0) is 32.6 Å². The molecule has 14 heavy (non-hydrogen) atoms. The molecule has 2 unspecified atom stereocenters. The van der Waals surface area contributed by atoms with E-state index in [1.165, 1.54) is 0 Å². The van der Waals surface area contributed by atoms with Crippen molar-refractivity contribution in [3.63, 3.8) is 0 Å². The Kier molecular flexibility index (Phi) is 4.90. The van der Waals surface area contributed by atoms with Crippen LogP contribution in [0.15, 0.2) is 0 Å². The summed E-state index contributed by atoms with van der Waals surface area (Å²) in [6, 6.07) is 0.100. The van der Waals surface area contributed by atoms with Crippen molar-refractivity contribution in [3.8, 4) is 0 Å². The second-order valence-corrected chi connectivity index (χ2v) is 3.61. The van der Waals surface area contributed by atoms with Gasteiger partial charge in [0.25, 0.3) is 0 Å². The normalized spacial score (nSPS) is 27.3. The number of esters is 1. The van der Waals surface area contributed by atoms with Crippen LogP contribution in [0, 0.1) is 0 Å². The van der Waals surface area contributed by atoms with Gasteiger partial charge in [0.05, 0.1) is 6.61 Å². The van der Waals surface area contributed by atoms with Crippen LogP contribution in [0.25, 0.3) is 0 Å². The Bertz CT molecular complexity index is 182. The van der Waals surface area contributed by atoms with Crippen LogP contribution in [-0.2, 0) is 9.53 Å². The molecule has 4 nitrogen and oxygen atoms in total. The van der Waals surface area contributed by atoms with Crippen LogP contribution >= 0.6 is 0 Å². The van der Waals surface area contributed by atoms with E-state index in [1.54, 1.807) is 0 Å². The van der Waals surface area contributed by atoms with E-state index in [1.807, 2.05) is 6.92 Å². The third-order valence-electron chi connectivity index (χ3n) is 2.53. The van der Waals surface area contributed by atoms with Crippen molar-refractivity contribution in [1.29, 1.82) is 0 Å². The summed E-state index contributed by atoms with van der Waals surface area (Å²) in [4.78, 5) is 11.4. The first-order valence-corrected chi connectivity index (χ1v) is 5.31. The van der Waals surface area contributed by atoms with E-state index >= 15 is 0 Å². The summed E-state index contributed by atoms with van der Waals surface area (Å²) in [5.74, 6) is -0.157. The molecule has 1 rings (SSSR count). The molecule has 0 aromatic rings. The van der Waals surface area contributed by atoms with Crippen LogP contribution < -0.4 is 5.32 Å². The summed E-state index contributed by atoms with van der Waals surface area (Å²) in [5, 5.41) is 12.0. The van der Waals surface area contributed by atoms with Crippen molar-refractivity contribution in [3.05, 3.63) is 0 Å². The maximum atomic E-state index is 11.4. The molecule has 4 heteroatoms. The van der Waals surface area contributed by atoms with E-state index in [-0.39, 0.29) is 24.7 Å². The van der Waals surface area contributed by atoms with Crippen molar-refractivity contribution in [2.24, 2.45) is 0 Å². The van der Waals surface area contributed by atoms with Gasteiger partial charge in [-0.1, -0.05) is 0 Å². The van der Waals surface area contributed by atoms with E-state index < -0.39 is 0 Å². The van der Waals surface area contributed by atoms with Gasteiger partial charge < -0.3 is 15.2 Å². The second kappa shape index (κ2) is 5.98. The maximum absolute atomic E-state index is 11.4. The fraction of sp³-hybridized carbons (Fsp3) is 0.900. The summed E-state index contributed by atoms with van der Waals surface area (Å²) >= 11 is 0. The van der Waals surface area contributed by atoms with Crippen molar-refractivity contribution < 1.29 is 14.6 Å². The molecule has 1 fully saturated rings. The standard InChI is InChI=1S/C10H19NO3/c1-2-14-10(13)9-5-3-4-8(11-9)6-7-12/h8-9,11-12H,2-7H2,1H3. The monoisotopic (exact) mass is 201 g/mol. The molecule has 1 saturated heterocycles.